The molecule has 0 aromatic carbocycles. The molecule has 0 spiro atoms. The van der Waals surface area contributed by atoms with Gasteiger partial charge in [0.15, 0.2) is 6.29 Å². The fraction of sp³-hybridized carbons (Fsp3) is 0.943. The Morgan fingerprint density at radius 3 is 2.24 bits per heavy atom. The lowest BCUT2D eigenvalue weighted by Gasteiger charge is -2.66. The van der Waals surface area contributed by atoms with Gasteiger partial charge in [-0.1, -0.05) is 46.3 Å². The standard InChI is InChI=1S/C35H60O11/c1-17(12-21(38)29(43)32(4,5)44)25-22(39)14-34(7)19-13-20(37)28-31(2,3)24(46-30-27(42)26(41)23(40)15-45-30)9-11-35(28,16-36)18(19)8-10-33(25,34)6/h8,17,19-30,36-44H,9-16H2,1-7H3/t17-,19-,20+,21+,22+,23-,24+,25+,26+,27-,28+,29+,30+,33-,34+,35+/m1/s1. The second kappa shape index (κ2) is 12.3. The minimum absolute atomic E-state index is 0.100. The van der Waals surface area contributed by atoms with E-state index < -0.39 is 82.4 Å². The van der Waals surface area contributed by atoms with Crippen LogP contribution in [0.5, 0.6) is 0 Å². The molecule has 11 nitrogen and oxygen atoms in total. The lowest BCUT2D eigenvalue weighted by Crippen LogP contribution is -2.65. The fourth-order valence-electron chi connectivity index (χ4n) is 11.4. The minimum atomic E-state index is -1.47. The van der Waals surface area contributed by atoms with E-state index in [2.05, 4.69) is 19.9 Å². The lowest BCUT2D eigenvalue weighted by atomic mass is 9.40. The molecule has 0 unspecified atom stereocenters. The first-order chi connectivity index (χ1) is 21.2. The van der Waals surface area contributed by atoms with Crippen molar-refractivity contribution in [1.82, 2.24) is 0 Å². The van der Waals surface area contributed by atoms with E-state index in [1.807, 2.05) is 20.8 Å². The van der Waals surface area contributed by atoms with Gasteiger partial charge in [0, 0.05) is 11.3 Å². The molecule has 9 N–H and O–H groups in total. The van der Waals surface area contributed by atoms with Gasteiger partial charge in [0.05, 0.1) is 43.2 Å². The van der Waals surface area contributed by atoms with Crippen LogP contribution in [0.4, 0.5) is 0 Å². The van der Waals surface area contributed by atoms with Crippen molar-refractivity contribution in [1.29, 1.82) is 0 Å². The van der Waals surface area contributed by atoms with Crippen LogP contribution >= 0.6 is 0 Å². The van der Waals surface area contributed by atoms with E-state index in [9.17, 15) is 46.0 Å². The Morgan fingerprint density at radius 1 is 0.978 bits per heavy atom. The summed E-state index contributed by atoms with van der Waals surface area (Å²) in [6.45, 7) is 13.0. The predicted octanol–water partition coefficient (Wildman–Crippen LogP) is 0.849. The van der Waals surface area contributed by atoms with E-state index in [1.165, 1.54) is 13.8 Å². The van der Waals surface area contributed by atoms with E-state index >= 15 is 0 Å². The van der Waals surface area contributed by atoms with E-state index in [4.69, 9.17) is 9.47 Å². The van der Waals surface area contributed by atoms with Crippen molar-refractivity contribution < 1.29 is 55.4 Å². The maximum absolute atomic E-state index is 12.0. The highest BCUT2D eigenvalue weighted by Gasteiger charge is 2.70. The predicted molar refractivity (Wildman–Crippen MR) is 168 cm³/mol. The summed E-state index contributed by atoms with van der Waals surface area (Å²) >= 11 is 0. The third-order valence-corrected chi connectivity index (χ3v) is 13.8. The average molecular weight is 657 g/mol. The SMILES string of the molecule is C[C@H](C[C@H](O)[C@H](O)C(C)(C)O)[C@H]1[C@@H](O)C[C@@]2(C)[C@@H]3C[C@H](O)[C@H]4C(C)(C)[C@@H](O[C@@H]5OC[C@@H](O)[C@H](O)[C@H]5O)CC[C@]4(CO)C3=CC[C@]12C. The van der Waals surface area contributed by atoms with Crippen molar-refractivity contribution in [3.05, 3.63) is 11.6 Å². The van der Waals surface area contributed by atoms with Crippen LogP contribution in [0.1, 0.15) is 87.0 Å². The molecule has 4 aliphatic carbocycles. The summed E-state index contributed by atoms with van der Waals surface area (Å²) in [5.41, 5.74) is -2.54. The number of hydrogen-bond donors (Lipinski definition) is 9. The van der Waals surface area contributed by atoms with E-state index in [1.54, 1.807) is 0 Å². The van der Waals surface area contributed by atoms with Crippen LogP contribution in [0.15, 0.2) is 11.6 Å². The second-order valence-electron chi connectivity index (χ2n) is 17.3. The second-order valence-corrected chi connectivity index (χ2v) is 17.3. The molecule has 1 heterocycles. The van der Waals surface area contributed by atoms with Gasteiger partial charge in [-0.05, 0) is 86.4 Å². The molecule has 5 aliphatic rings. The Labute approximate surface area is 273 Å². The number of fused-ring (bicyclic) bond motifs is 5. The minimum Gasteiger partial charge on any atom is -0.395 e. The Hall–Kier alpha value is -0.700. The number of hydrogen-bond acceptors (Lipinski definition) is 11. The zero-order chi connectivity index (χ0) is 34.4. The summed E-state index contributed by atoms with van der Waals surface area (Å²) < 4.78 is 11.9. The summed E-state index contributed by atoms with van der Waals surface area (Å²) in [6.07, 6.45) is -4.45. The average Bonchev–Trinajstić information content (AvgIpc) is 3.18. The molecule has 0 radical (unpaired) electrons. The molecule has 1 saturated heterocycles. The largest absolute Gasteiger partial charge is 0.395 e. The van der Waals surface area contributed by atoms with Crippen LogP contribution in [0.2, 0.25) is 0 Å². The molecule has 5 rings (SSSR count). The van der Waals surface area contributed by atoms with Crippen LogP contribution in [0.3, 0.4) is 0 Å². The smallest absolute Gasteiger partial charge is 0.186 e. The summed E-state index contributed by atoms with van der Waals surface area (Å²) in [5.74, 6) is -0.845. The number of allylic oxidation sites excluding steroid dienone is 1. The molecule has 11 heteroatoms. The monoisotopic (exact) mass is 656 g/mol. The quantitative estimate of drug-likeness (QED) is 0.133. The topological polar surface area (TPSA) is 201 Å². The molecule has 46 heavy (non-hydrogen) atoms. The first kappa shape index (κ1) is 36.6. The summed E-state index contributed by atoms with van der Waals surface area (Å²) in [5, 5.41) is 97.2. The highest BCUT2D eigenvalue weighted by atomic mass is 16.7. The Balaban J connectivity index is 1.43. The third kappa shape index (κ3) is 5.44. The van der Waals surface area contributed by atoms with Gasteiger partial charge < -0.3 is 55.4 Å². The lowest BCUT2D eigenvalue weighted by molar-refractivity contribution is -0.307. The van der Waals surface area contributed by atoms with Crippen molar-refractivity contribution in [3.8, 4) is 0 Å². The van der Waals surface area contributed by atoms with Crippen molar-refractivity contribution >= 4 is 0 Å². The molecule has 0 bridgehead atoms. The first-order valence-corrected chi connectivity index (χ1v) is 17.2. The molecule has 1 aliphatic heterocycles. The highest BCUT2D eigenvalue weighted by Crippen LogP contribution is 2.73. The maximum atomic E-state index is 12.0. The third-order valence-electron chi connectivity index (χ3n) is 13.8. The van der Waals surface area contributed by atoms with E-state index in [-0.39, 0.29) is 43.3 Å². The van der Waals surface area contributed by atoms with Crippen LogP contribution < -0.4 is 0 Å². The fourth-order valence-corrected chi connectivity index (χ4v) is 11.4. The van der Waals surface area contributed by atoms with Crippen molar-refractivity contribution in [2.24, 2.45) is 45.3 Å². The van der Waals surface area contributed by atoms with Gasteiger partial charge in [-0.3, -0.25) is 0 Å². The van der Waals surface area contributed by atoms with E-state index in [0.717, 1.165) is 5.57 Å². The van der Waals surface area contributed by atoms with Gasteiger partial charge in [0.2, 0.25) is 0 Å². The zero-order valence-electron chi connectivity index (χ0n) is 28.6. The summed E-state index contributed by atoms with van der Waals surface area (Å²) in [7, 11) is 0. The van der Waals surface area contributed by atoms with Crippen LogP contribution in [-0.4, -0.2) is 120 Å². The van der Waals surface area contributed by atoms with Gasteiger partial charge in [0.25, 0.3) is 0 Å². The summed E-state index contributed by atoms with van der Waals surface area (Å²) in [6, 6.07) is 0. The van der Waals surface area contributed by atoms with Crippen molar-refractivity contribution in [2.45, 2.75) is 148 Å². The highest BCUT2D eigenvalue weighted by molar-refractivity contribution is 5.35. The Morgan fingerprint density at radius 2 is 1.63 bits per heavy atom. The molecule has 266 valence electrons. The normalized spacial score (nSPS) is 49.3. The number of rotatable bonds is 8. The van der Waals surface area contributed by atoms with Gasteiger partial charge in [0.1, 0.15) is 24.4 Å². The molecule has 0 aromatic heterocycles. The summed E-state index contributed by atoms with van der Waals surface area (Å²) in [4.78, 5) is 0. The van der Waals surface area contributed by atoms with Crippen molar-refractivity contribution in [2.75, 3.05) is 13.2 Å². The van der Waals surface area contributed by atoms with Gasteiger partial charge in [-0.25, -0.2) is 0 Å². The number of aliphatic hydroxyl groups is 9. The molecule has 4 fully saturated rings. The van der Waals surface area contributed by atoms with Crippen molar-refractivity contribution in [3.63, 3.8) is 0 Å². The Kier molecular flexibility index (Phi) is 9.75. The Bertz CT molecular complexity index is 1140. The van der Waals surface area contributed by atoms with Gasteiger partial charge in [-0.2, -0.15) is 0 Å². The molecular weight excluding hydrogens is 596 g/mol. The van der Waals surface area contributed by atoms with Gasteiger partial charge in [-0.15, -0.1) is 0 Å². The number of ether oxygens (including phenoxy) is 2. The van der Waals surface area contributed by atoms with Crippen LogP contribution in [0, 0.1) is 45.3 Å². The zero-order valence-corrected chi connectivity index (χ0v) is 28.6. The molecule has 3 saturated carbocycles. The number of aliphatic hydroxyl groups excluding tert-OH is 8. The van der Waals surface area contributed by atoms with Gasteiger partial charge >= 0.3 is 0 Å². The maximum Gasteiger partial charge on any atom is 0.186 e. The molecular formula is C35H60O11. The van der Waals surface area contributed by atoms with E-state index in [0.29, 0.717) is 32.1 Å². The first-order valence-electron chi connectivity index (χ1n) is 17.2. The van der Waals surface area contributed by atoms with Crippen LogP contribution in [-0.2, 0) is 9.47 Å². The molecule has 16 atom stereocenters. The molecule has 0 aromatic rings. The van der Waals surface area contributed by atoms with Crippen LogP contribution in [0.25, 0.3) is 0 Å². The molecule has 0 amide bonds.